The Morgan fingerprint density at radius 1 is 0.935 bits per heavy atom. The van der Waals surface area contributed by atoms with E-state index in [0.717, 1.165) is 22.3 Å². The highest BCUT2D eigenvalue weighted by molar-refractivity contribution is 5.87. The molecule has 0 bridgehead atoms. The fraction of sp³-hybridized carbons (Fsp3) is 0.148. The van der Waals surface area contributed by atoms with Crippen molar-refractivity contribution in [1.82, 2.24) is 0 Å². The number of rotatable bonds is 8. The molecule has 4 nitrogen and oxygen atoms in total. The molecule has 1 N–H and O–H groups in total. The second-order valence-corrected chi connectivity index (χ2v) is 7.06. The van der Waals surface area contributed by atoms with Crippen LogP contribution in [-0.4, -0.2) is 18.2 Å². The molecule has 0 heterocycles. The Labute approximate surface area is 183 Å². The number of methoxy groups -OCH3 is 1. The second kappa shape index (κ2) is 11.0. The molecule has 0 saturated heterocycles. The van der Waals surface area contributed by atoms with Crippen LogP contribution < -0.4 is 4.74 Å². The number of aliphatic hydroxyl groups is 1. The van der Waals surface area contributed by atoms with E-state index < -0.39 is 12.1 Å². The van der Waals surface area contributed by atoms with Gasteiger partial charge in [-0.3, -0.25) is 0 Å². The number of esters is 1. The Kier molecular flexibility index (Phi) is 7.79. The molecule has 3 rings (SSSR count). The Hall–Kier alpha value is -3.63. The first kappa shape index (κ1) is 22.1. The summed E-state index contributed by atoms with van der Waals surface area (Å²) < 4.78 is 10.7. The molecule has 1 unspecified atom stereocenters. The average Bonchev–Trinajstić information content (AvgIpc) is 2.81. The zero-order valence-electron chi connectivity index (χ0n) is 17.7. The van der Waals surface area contributed by atoms with Gasteiger partial charge in [-0.1, -0.05) is 84.9 Å². The van der Waals surface area contributed by atoms with Crippen molar-refractivity contribution in [3.05, 3.63) is 113 Å². The first-order valence-electron chi connectivity index (χ1n) is 10.1. The van der Waals surface area contributed by atoms with Crippen LogP contribution in [0.5, 0.6) is 5.75 Å². The van der Waals surface area contributed by atoms with Gasteiger partial charge in [-0.05, 0) is 35.3 Å². The highest BCUT2D eigenvalue weighted by Crippen LogP contribution is 2.31. The number of hydrogen-bond acceptors (Lipinski definition) is 4. The van der Waals surface area contributed by atoms with E-state index >= 15 is 0 Å². The molecule has 0 aliphatic heterocycles. The molecule has 0 radical (unpaired) electrons. The summed E-state index contributed by atoms with van der Waals surface area (Å²) in [7, 11) is 1.34. The van der Waals surface area contributed by atoms with Crippen molar-refractivity contribution in [2.45, 2.75) is 19.6 Å². The maximum atomic E-state index is 11.4. The Bertz CT molecular complexity index is 1070. The summed E-state index contributed by atoms with van der Waals surface area (Å²) >= 11 is 0. The fourth-order valence-electron chi connectivity index (χ4n) is 3.17. The third-order valence-corrected chi connectivity index (χ3v) is 4.84. The summed E-state index contributed by atoms with van der Waals surface area (Å²) in [6.45, 7) is 2.39. The fourth-order valence-corrected chi connectivity index (χ4v) is 3.17. The summed E-state index contributed by atoms with van der Waals surface area (Å²) in [4.78, 5) is 11.4. The number of benzene rings is 3. The number of ether oxygens (including phenoxy) is 2. The lowest BCUT2D eigenvalue weighted by Crippen LogP contribution is -2.03. The topological polar surface area (TPSA) is 55.8 Å². The standard InChI is InChI=1S/C27H26O4/c1-20-9-8-14-24(27(20)31-19-21-10-4-3-5-11-21)25(28)17-15-22-12-6-7-13-23(22)16-18-26(29)30-2/h3-18,25,28H,19H2,1-2H3/b17-15+,18-16+. The zero-order valence-corrected chi connectivity index (χ0v) is 17.7. The Balaban J connectivity index is 1.80. The molecule has 1 atom stereocenters. The number of para-hydroxylation sites is 1. The molecule has 0 saturated carbocycles. The van der Waals surface area contributed by atoms with Gasteiger partial charge < -0.3 is 14.6 Å². The minimum absolute atomic E-state index is 0.418. The van der Waals surface area contributed by atoms with Crippen LogP contribution in [0.15, 0.2) is 84.9 Å². The van der Waals surface area contributed by atoms with E-state index in [2.05, 4.69) is 4.74 Å². The summed E-state index contributed by atoms with van der Waals surface area (Å²) in [5.74, 6) is 0.265. The van der Waals surface area contributed by atoms with Gasteiger partial charge in [-0.15, -0.1) is 0 Å². The quantitative estimate of drug-likeness (QED) is 0.390. The first-order chi connectivity index (χ1) is 15.1. The molecule has 0 aliphatic rings. The largest absolute Gasteiger partial charge is 0.488 e. The van der Waals surface area contributed by atoms with E-state index in [-0.39, 0.29) is 0 Å². The van der Waals surface area contributed by atoms with Crippen LogP contribution in [0.4, 0.5) is 0 Å². The molecule has 0 aromatic heterocycles. The van der Waals surface area contributed by atoms with E-state index in [1.807, 2.05) is 85.8 Å². The number of carbonyl (C=O) groups excluding carboxylic acids is 1. The van der Waals surface area contributed by atoms with Gasteiger partial charge in [0.05, 0.1) is 7.11 Å². The van der Waals surface area contributed by atoms with Crippen LogP contribution in [0.3, 0.4) is 0 Å². The minimum atomic E-state index is -0.844. The van der Waals surface area contributed by atoms with Crippen molar-refractivity contribution in [3.63, 3.8) is 0 Å². The number of aryl methyl sites for hydroxylation is 1. The molecule has 0 aliphatic carbocycles. The molecule has 3 aromatic rings. The summed E-state index contributed by atoms with van der Waals surface area (Å²) in [6, 6.07) is 23.3. The van der Waals surface area contributed by atoms with Gasteiger partial charge in [-0.25, -0.2) is 4.79 Å². The molecule has 4 heteroatoms. The smallest absolute Gasteiger partial charge is 0.330 e. The van der Waals surface area contributed by atoms with Crippen LogP contribution in [0, 0.1) is 6.92 Å². The van der Waals surface area contributed by atoms with E-state index in [0.29, 0.717) is 17.9 Å². The molecule has 158 valence electrons. The van der Waals surface area contributed by atoms with Crippen molar-refractivity contribution in [1.29, 1.82) is 0 Å². The van der Waals surface area contributed by atoms with E-state index in [4.69, 9.17) is 4.74 Å². The lowest BCUT2D eigenvalue weighted by molar-refractivity contribution is -0.134. The maximum Gasteiger partial charge on any atom is 0.330 e. The van der Waals surface area contributed by atoms with Gasteiger partial charge in [0.2, 0.25) is 0 Å². The lowest BCUT2D eigenvalue weighted by Gasteiger charge is -2.16. The predicted molar refractivity (Wildman–Crippen MR) is 123 cm³/mol. The summed E-state index contributed by atoms with van der Waals surface area (Å²) in [6.07, 6.45) is 5.78. The summed E-state index contributed by atoms with van der Waals surface area (Å²) in [5, 5.41) is 10.9. The van der Waals surface area contributed by atoms with Crippen molar-refractivity contribution in [3.8, 4) is 5.75 Å². The molecule has 0 spiro atoms. The minimum Gasteiger partial charge on any atom is -0.488 e. The zero-order chi connectivity index (χ0) is 22.1. The molecule has 0 amide bonds. The van der Waals surface area contributed by atoms with Crippen LogP contribution in [-0.2, 0) is 16.1 Å². The molecular weight excluding hydrogens is 388 g/mol. The van der Waals surface area contributed by atoms with Crippen LogP contribution in [0.1, 0.15) is 33.9 Å². The van der Waals surface area contributed by atoms with Gasteiger partial charge in [0.25, 0.3) is 0 Å². The van der Waals surface area contributed by atoms with Crippen LogP contribution >= 0.6 is 0 Å². The number of carbonyl (C=O) groups is 1. The SMILES string of the molecule is COC(=O)/C=C/c1ccccc1/C=C/C(O)c1cccc(C)c1OCc1ccccc1. The highest BCUT2D eigenvalue weighted by Gasteiger charge is 2.13. The maximum absolute atomic E-state index is 11.4. The van der Waals surface area contributed by atoms with Gasteiger partial charge in [0, 0.05) is 11.6 Å². The first-order valence-corrected chi connectivity index (χ1v) is 10.1. The Morgan fingerprint density at radius 2 is 1.61 bits per heavy atom. The molecule has 31 heavy (non-hydrogen) atoms. The van der Waals surface area contributed by atoms with Gasteiger partial charge >= 0.3 is 5.97 Å². The van der Waals surface area contributed by atoms with Crippen LogP contribution in [0.2, 0.25) is 0 Å². The molecule has 0 fully saturated rings. The molecule has 3 aromatic carbocycles. The van der Waals surface area contributed by atoms with Crippen LogP contribution in [0.25, 0.3) is 12.2 Å². The van der Waals surface area contributed by atoms with Crippen molar-refractivity contribution in [2.75, 3.05) is 7.11 Å². The lowest BCUT2D eigenvalue weighted by atomic mass is 10.0. The Morgan fingerprint density at radius 3 is 2.32 bits per heavy atom. The van der Waals surface area contributed by atoms with E-state index in [9.17, 15) is 9.90 Å². The van der Waals surface area contributed by atoms with E-state index in [1.54, 1.807) is 12.2 Å². The highest BCUT2D eigenvalue weighted by atomic mass is 16.5. The third kappa shape index (κ3) is 6.17. The van der Waals surface area contributed by atoms with E-state index in [1.165, 1.54) is 13.2 Å². The number of aliphatic hydroxyl groups excluding tert-OH is 1. The predicted octanol–water partition coefficient (Wildman–Crippen LogP) is 5.51. The monoisotopic (exact) mass is 414 g/mol. The van der Waals surface area contributed by atoms with Gasteiger partial charge in [0.1, 0.15) is 18.5 Å². The average molecular weight is 415 g/mol. The summed E-state index contributed by atoms with van der Waals surface area (Å²) in [5.41, 5.74) is 4.45. The molecular formula is C27H26O4. The normalized spacial score (nSPS) is 12.2. The van der Waals surface area contributed by atoms with Crippen molar-refractivity contribution < 1.29 is 19.4 Å². The van der Waals surface area contributed by atoms with Gasteiger partial charge in [-0.2, -0.15) is 0 Å². The van der Waals surface area contributed by atoms with Crippen molar-refractivity contribution >= 4 is 18.1 Å². The van der Waals surface area contributed by atoms with Crippen molar-refractivity contribution in [2.24, 2.45) is 0 Å². The third-order valence-electron chi connectivity index (χ3n) is 4.84. The second-order valence-electron chi connectivity index (χ2n) is 7.06. The number of hydrogen-bond donors (Lipinski definition) is 1. The van der Waals surface area contributed by atoms with Gasteiger partial charge in [0.15, 0.2) is 0 Å².